The third-order valence-corrected chi connectivity index (χ3v) is 3.93. The minimum atomic E-state index is -0.231. The molecule has 24 heavy (non-hydrogen) atoms. The number of phenols is 4. The number of phenolic OH excluding ortho intramolecular Hbond substituents is 4. The van der Waals surface area contributed by atoms with E-state index in [-0.39, 0.29) is 28.8 Å². The van der Waals surface area contributed by atoms with Crippen LogP contribution < -0.4 is 0 Å². The summed E-state index contributed by atoms with van der Waals surface area (Å²) in [5.41, 5.74) is 2.51. The number of aromatic hydroxyl groups is 4. The first-order valence-corrected chi connectivity index (χ1v) is 7.44. The van der Waals surface area contributed by atoms with Crippen LogP contribution in [-0.2, 0) is 4.79 Å². The fourth-order valence-corrected chi connectivity index (χ4v) is 2.64. The Morgan fingerprint density at radius 3 is 1.46 bits per heavy atom. The summed E-state index contributed by atoms with van der Waals surface area (Å²) in [5, 5.41) is 37.7. The van der Waals surface area contributed by atoms with Gasteiger partial charge in [-0.05, 0) is 60.4 Å². The second-order valence-corrected chi connectivity index (χ2v) is 5.66. The molecule has 5 heteroatoms. The molecule has 3 rings (SSSR count). The lowest BCUT2D eigenvalue weighted by atomic mass is 10.1. The Morgan fingerprint density at radius 2 is 1.08 bits per heavy atom. The number of hydrogen-bond donors (Lipinski definition) is 4. The molecular weight excluding hydrogens is 308 g/mol. The van der Waals surface area contributed by atoms with Crippen molar-refractivity contribution in [2.75, 3.05) is 0 Å². The summed E-state index contributed by atoms with van der Waals surface area (Å²) in [6, 6.07) is 8.78. The van der Waals surface area contributed by atoms with Gasteiger partial charge < -0.3 is 20.4 Å². The number of hydrogen-bond acceptors (Lipinski definition) is 5. The highest BCUT2D eigenvalue weighted by atomic mass is 16.3. The quantitative estimate of drug-likeness (QED) is 0.502. The Bertz CT molecular complexity index is 806. The van der Waals surface area contributed by atoms with Gasteiger partial charge in [-0.25, -0.2) is 0 Å². The summed E-state index contributed by atoms with van der Waals surface area (Å²) in [6.45, 7) is 0. The normalized spacial score (nSPS) is 17.8. The Balaban J connectivity index is 1.86. The van der Waals surface area contributed by atoms with Crippen LogP contribution in [0.25, 0.3) is 12.2 Å². The summed E-state index contributed by atoms with van der Waals surface area (Å²) in [7, 11) is 0. The van der Waals surface area contributed by atoms with Gasteiger partial charge in [0, 0.05) is 11.1 Å². The van der Waals surface area contributed by atoms with Crippen LogP contribution in [0.2, 0.25) is 0 Å². The van der Waals surface area contributed by atoms with Crippen molar-refractivity contribution in [2.24, 2.45) is 0 Å². The average molecular weight is 324 g/mol. The Morgan fingerprint density at radius 1 is 0.667 bits per heavy atom. The van der Waals surface area contributed by atoms with E-state index in [4.69, 9.17) is 0 Å². The number of Topliss-reactive ketones (excluding diaryl/α,β-unsaturated/α-hetero) is 1. The summed E-state index contributed by atoms with van der Waals surface area (Å²) in [5.74, 6) is -0.962. The molecule has 2 aromatic carbocycles. The monoisotopic (exact) mass is 324 g/mol. The van der Waals surface area contributed by atoms with Crippen molar-refractivity contribution in [3.8, 4) is 23.0 Å². The van der Waals surface area contributed by atoms with Crippen molar-refractivity contribution < 1.29 is 25.2 Å². The van der Waals surface area contributed by atoms with E-state index in [1.54, 1.807) is 24.3 Å². The predicted molar refractivity (Wildman–Crippen MR) is 89.7 cm³/mol. The van der Waals surface area contributed by atoms with Crippen molar-refractivity contribution in [3.05, 3.63) is 58.7 Å². The zero-order valence-corrected chi connectivity index (χ0v) is 12.7. The summed E-state index contributed by atoms with van der Waals surface area (Å²) in [6.07, 6.45) is 4.54. The number of rotatable bonds is 2. The van der Waals surface area contributed by atoms with E-state index in [0.717, 1.165) is 0 Å². The van der Waals surface area contributed by atoms with Crippen LogP contribution in [0.1, 0.15) is 24.0 Å². The van der Waals surface area contributed by atoms with Gasteiger partial charge in [0.1, 0.15) is 0 Å². The molecule has 0 radical (unpaired) electrons. The maximum Gasteiger partial charge on any atom is 0.185 e. The molecule has 0 saturated heterocycles. The second kappa shape index (κ2) is 6.12. The molecule has 0 atom stereocenters. The molecule has 1 aliphatic rings. The molecular formula is C19H16O5. The molecule has 0 bridgehead atoms. The molecule has 0 aromatic heterocycles. The first-order chi connectivity index (χ1) is 11.4. The summed E-state index contributed by atoms with van der Waals surface area (Å²) < 4.78 is 0. The zero-order chi connectivity index (χ0) is 17.3. The Labute approximate surface area is 138 Å². The van der Waals surface area contributed by atoms with Crippen molar-refractivity contribution in [2.45, 2.75) is 12.8 Å². The predicted octanol–water partition coefficient (Wildman–Crippen LogP) is 3.34. The third-order valence-electron chi connectivity index (χ3n) is 3.93. The molecule has 0 heterocycles. The molecule has 4 N–H and O–H groups in total. The Hall–Kier alpha value is -3.21. The highest BCUT2D eigenvalue weighted by Crippen LogP contribution is 2.33. The fourth-order valence-electron chi connectivity index (χ4n) is 2.64. The van der Waals surface area contributed by atoms with Crippen LogP contribution in [0.5, 0.6) is 23.0 Å². The Kier molecular flexibility index (Phi) is 4.00. The van der Waals surface area contributed by atoms with Gasteiger partial charge >= 0.3 is 0 Å². The van der Waals surface area contributed by atoms with Crippen molar-refractivity contribution in [3.63, 3.8) is 0 Å². The SMILES string of the molecule is O=C1/C(=C\c2ccc(O)c(O)c2)CC/C1=C/c1ccc(O)c(O)c1. The lowest BCUT2D eigenvalue weighted by Crippen LogP contribution is -1.95. The van der Waals surface area contributed by atoms with Crippen LogP contribution in [0.3, 0.4) is 0 Å². The first kappa shape index (κ1) is 15.7. The molecule has 0 amide bonds. The van der Waals surface area contributed by atoms with E-state index in [0.29, 0.717) is 35.1 Å². The van der Waals surface area contributed by atoms with E-state index >= 15 is 0 Å². The maximum absolute atomic E-state index is 12.5. The molecule has 122 valence electrons. The minimum Gasteiger partial charge on any atom is -0.504 e. The number of ketones is 1. The van der Waals surface area contributed by atoms with E-state index in [1.165, 1.54) is 24.3 Å². The molecule has 5 nitrogen and oxygen atoms in total. The third kappa shape index (κ3) is 3.10. The van der Waals surface area contributed by atoms with Gasteiger partial charge in [-0.1, -0.05) is 12.1 Å². The van der Waals surface area contributed by atoms with Crippen LogP contribution in [0, 0.1) is 0 Å². The molecule has 2 aromatic rings. The van der Waals surface area contributed by atoms with Crippen molar-refractivity contribution in [1.82, 2.24) is 0 Å². The standard InChI is InChI=1S/C19H16O5/c20-15-5-1-11(9-17(15)22)7-13-3-4-14(19(13)24)8-12-2-6-16(21)18(23)10-12/h1-2,5-10,20-23H,3-4H2/b13-7-,14-8-. The van der Waals surface area contributed by atoms with E-state index in [1.807, 2.05) is 0 Å². The van der Waals surface area contributed by atoms with E-state index in [9.17, 15) is 25.2 Å². The van der Waals surface area contributed by atoms with Gasteiger partial charge in [0.15, 0.2) is 28.8 Å². The van der Waals surface area contributed by atoms with Crippen LogP contribution in [0.15, 0.2) is 47.5 Å². The number of carbonyl (C=O) groups excluding carboxylic acids is 1. The summed E-state index contributed by atoms with van der Waals surface area (Å²) >= 11 is 0. The van der Waals surface area contributed by atoms with Gasteiger partial charge in [-0.3, -0.25) is 4.79 Å². The average Bonchev–Trinajstić information content (AvgIpc) is 2.88. The van der Waals surface area contributed by atoms with Gasteiger partial charge in [0.05, 0.1) is 0 Å². The number of carbonyl (C=O) groups is 1. The minimum absolute atomic E-state index is 0.0878. The lowest BCUT2D eigenvalue weighted by molar-refractivity contribution is -0.111. The fraction of sp³-hybridized carbons (Fsp3) is 0.105. The smallest absolute Gasteiger partial charge is 0.185 e. The van der Waals surface area contributed by atoms with E-state index < -0.39 is 0 Å². The number of benzene rings is 2. The molecule has 1 aliphatic carbocycles. The first-order valence-electron chi connectivity index (χ1n) is 7.44. The van der Waals surface area contributed by atoms with Crippen LogP contribution in [-0.4, -0.2) is 26.2 Å². The van der Waals surface area contributed by atoms with Crippen LogP contribution >= 0.6 is 0 Å². The van der Waals surface area contributed by atoms with Gasteiger partial charge in [-0.2, -0.15) is 0 Å². The maximum atomic E-state index is 12.5. The van der Waals surface area contributed by atoms with Crippen molar-refractivity contribution in [1.29, 1.82) is 0 Å². The summed E-state index contributed by atoms with van der Waals surface area (Å²) in [4.78, 5) is 12.5. The van der Waals surface area contributed by atoms with Gasteiger partial charge in [-0.15, -0.1) is 0 Å². The zero-order valence-electron chi connectivity index (χ0n) is 12.7. The molecule has 1 saturated carbocycles. The van der Waals surface area contributed by atoms with Gasteiger partial charge in [0.25, 0.3) is 0 Å². The van der Waals surface area contributed by atoms with Crippen molar-refractivity contribution >= 4 is 17.9 Å². The highest BCUT2D eigenvalue weighted by molar-refractivity contribution is 6.15. The molecule has 1 fully saturated rings. The molecule has 0 unspecified atom stereocenters. The second-order valence-electron chi connectivity index (χ2n) is 5.66. The highest BCUT2D eigenvalue weighted by Gasteiger charge is 2.23. The van der Waals surface area contributed by atoms with Gasteiger partial charge in [0.2, 0.25) is 0 Å². The largest absolute Gasteiger partial charge is 0.504 e. The lowest BCUT2D eigenvalue weighted by Gasteiger charge is -2.01. The van der Waals surface area contributed by atoms with Crippen LogP contribution in [0.4, 0.5) is 0 Å². The van der Waals surface area contributed by atoms with E-state index in [2.05, 4.69) is 0 Å². The number of allylic oxidation sites excluding steroid dienone is 2. The molecule has 0 aliphatic heterocycles. The topological polar surface area (TPSA) is 98.0 Å². The molecule has 0 spiro atoms.